The Kier molecular flexibility index (Phi) is 5.49. The quantitative estimate of drug-likeness (QED) is 0.424. The number of halogens is 1. The van der Waals surface area contributed by atoms with Gasteiger partial charge in [0.05, 0.1) is 24.7 Å². The first kappa shape index (κ1) is 18.4. The van der Waals surface area contributed by atoms with E-state index in [-0.39, 0.29) is 0 Å². The Balaban J connectivity index is 1.59. The van der Waals surface area contributed by atoms with E-state index >= 15 is 0 Å². The summed E-state index contributed by atoms with van der Waals surface area (Å²) in [5.41, 5.74) is 3.13. The van der Waals surface area contributed by atoms with Crippen molar-refractivity contribution in [1.29, 1.82) is 0 Å². The summed E-state index contributed by atoms with van der Waals surface area (Å²) in [6, 6.07) is 23.7. The van der Waals surface area contributed by atoms with Crippen LogP contribution >= 0.6 is 11.6 Å². The van der Waals surface area contributed by atoms with Crippen molar-refractivity contribution in [3.8, 4) is 11.5 Å². The molecule has 0 aliphatic carbocycles. The van der Waals surface area contributed by atoms with Gasteiger partial charge in [0, 0.05) is 11.4 Å². The van der Waals surface area contributed by atoms with Gasteiger partial charge in [-0.3, -0.25) is 0 Å². The number of nitrogens with zero attached hydrogens (tertiary/aromatic N) is 2. The topological polar surface area (TPSA) is 36.3 Å². The molecule has 0 unspecified atom stereocenters. The number of rotatable bonds is 7. The van der Waals surface area contributed by atoms with E-state index in [4.69, 9.17) is 26.1 Å². The lowest BCUT2D eigenvalue weighted by Gasteiger charge is -2.13. The lowest BCUT2D eigenvalue weighted by Crippen LogP contribution is -2.12. The highest BCUT2D eigenvalue weighted by atomic mass is 35.5. The molecule has 0 radical (unpaired) electrons. The third kappa shape index (κ3) is 3.82. The van der Waals surface area contributed by atoms with Gasteiger partial charge in [-0.05, 0) is 35.9 Å². The molecule has 4 nitrogen and oxygen atoms in total. The summed E-state index contributed by atoms with van der Waals surface area (Å²) < 4.78 is 13.5. The molecule has 142 valence electrons. The predicted octanol–water partition coefficient (Wildman–Crippen LogP) is 5.37. The van der Waals surface area contributed by atoms with E-state index in [0.29, 0.717) is 19.6 Å². The minimum absolute atomic E-state index is 0.510. The number of aromatic nitrogens is 2. The number of para-hydroxylation sites is 4. The van der Waals surface area contributed by atoms with E-state index in [1.165, 1.54) is 0 Å². The summed E-state index contributed by atoms with van der Waals surface area (Å²) >= 11 is 6.37. The van der Waals surface area contributed by atoms with Gasteiger partial charge in [-0.2, -0.15) is 0 Å². The first-order valence-electron chi connectivity index (χ1n) is 9.19. The number of benzene rings is 3. The first-order valence-corrected chi connectivity index (χ1v) is 9.57. The Morgan fingerprint density at radius 2 is 1.61 bits per heavy atom. The van der Waals surface area contributed by atoms with Crippen LogP contribution in [0.4, 0.5) is 0 Å². The minimum atomic E-state index is 0.510. The van der Waals surface area contributed by atoms with Crippen molar-refractivity contribution in [2.75, 3.05) is 13.7 Å². The molecule has 1 heterocycles. The van der Waals surface area contributed by atoms with Gasteiger partial charge < -0.3 is 14.0 Å². The average Bonchev–Trinajstić information content (AvgIpc) is 3.07. The van der Waals surface area contributed by atoms with E-state index in [1.54, 1.807) is 7.11 Å². The van der Waals surface area contributed by atoms with Crippen LogP contribution in [0.5, 0.6) is 11.5 Å². The molecule has 4 aromatic rings. The van der Waals surface area contributed by atoms with Crippen LogP contribution in [-0.2, 0) is 13.0 Å². The Hall–Kier alpha value is -2.98. The van der Waals surface area contributed by atoms with Gasteiger partial charge in [0.1, 0.15) is 12.4 Å². The van der Waals surface area contributed by atoms with Gasteiger partial charge in [-0.25, -0.2) is 4.98 Å². The third-order valence-corrected chi connectivity index (χ3v) is 5.05. The Morgan fingerprint density at radius 3 is 2.43 bits per heavy atom. The summed E-state index contributed by atoms with van der Waals surface area (Å²) in [4.78, 5) is 4.83. The Labute approximate surface area is 169 Å². The Morgan fingerprint density at radius 1 is 0.893 bits per heavy atom. The summed E-state index contributed by atoms with van der Waals surface area (Å²) in [7, 11) is 1.65. The smallest absolute Gasteiger partial charge is 0.161 e. The standard InChI is InChI=1S/C23H21ClN2O2/c1-27-21-12-6-7-13-22(21)28-15-14-26-20-11-5-4-10-19(20)25-23(26)16-17-8-2-3-9-18(17)24/h2-13H,14-16H2,1H3. The van der Waals surface area contributed by atoms with E-state index in [1.807, 2.05) is 66.7 Å². The van der Waals surface area contributed by atoms with Crippen molar-refractivity contribution in [2.24, 2.45) is 0 Å². The van der Waals surface area contributed by atoms with Crippen LogP contribution < -0.4 is 9.47 Å². The maximum atomic E-state index is 6.37. The maximum Gasteiger partial charge on any atom is 0.161 e. The van der Waals surface area contributed by atoms with E-state index in [0.717, 1.165) is 38.9 Å². The molecule has 0 aliphatic heterocycles. The number of hydrogen-bond acceptors (Lipinski definition) is 3. The lowest BCUT2D eigenvalue weighted by atomic mass is 10.1. The molecule has 0 N–H and O–H groups in total. The van der Waals surface area contributed by atoms with Crippen LogP contribution in [0.15, 0.2) is 72.8 Å². The molecular weight excluding hydrogens is 372 g/mol. The largest absolute Gasteiger partial charge is 0.493 e. The van der Waals surface area contributed by atoms with E-state index < -0.39 is 0 Å². The first-order chi connectivity index (χ1) is 13.8. The predicted molar refractivity (Wildman–Crippen MR) is 112 cm³/mol. The highest BCUT2D eigenvalue weighted by Crippen LogP contribution is 2.26. The minimum Gasteiger partial charge on any atom is -0.493 e. The summed E-state index contributed by atoms with van der Waals surface area (Å²) in [6.07, 6.45) is 0.670. The fourth-order valence-electron chi connectivity index (χ4n) is 3.31. The number of imidazole rings is 1. The fraction of sp³-hybridized carbons (Fsp3) is 0.174. The third-order valence-electron chi connectivity index (χ3n) is 4.68. The second kappa shape index (κ2) is 8.36. The van der Waals surface area contributed by atoms with Gasteiger partial charge in [0.25, 0.3) is 0 Å². The SMILES string of the molecule is COc1ccccc1OCCn1c(Cc2ccccc2Cl)nc2ccccc21. The molecule has 0 bridgehead atoms. The maximum absolute atomic E-state index is 6.37. The van der Waals surface area contributed by atoms with Crippen LogP contribution in [0.1, 0.15) is 11.4 Å². The molecule has 28 heavy (non-hydrogen) atoms. The zero-order chi connectivity index (χ0) is 19.3. The number of methoxy groups -OCH3 is 1. The van der Waals surface area contributed by atoms with Gasteiger partial charge >= 0.3 is 0 Å². The van der Waals surface area contributed by atoms with Crippen molar-refractivity contribution in [3.05, 3.63) is 89.2 Å². The molecule has 5 heteroatoms. The van der Waals surface area contributed by atoms with Crippen LogP contribution in [-0.4, -0.2) is 23.3 Å². The summed E-state index contributed by atoms with van der Waals surface area (Å²) in [5.74, 6) is 2.44. The van der Waals surface area contributed by atoms with Gasteiger partial charge in [0.2, 0.25) is 0 Å². The van der Waals surface area contributed by atoms with Gasteiger partial charge in [-0.15, -0.1) is 0 Å². The molecule has 0 saturated heterocycles. The van der Waals surface area contributed by atoms with E-state index in [2.05, 4.69) is 10.6 Å². The molecule has 0 amide bonds. The van der Waals surface area contributed by atoms with Crippen molar-refractivity contribution in [2.45, 2.75) is 13.0 Å². The fourth-order valence-corrected chi connectivity index (χ4v) is 3.51. The lowest BCUT2D eigenvalue weighted by molar-refractivity contribution is 0.280. The molecule has 0 fully saturated rings. The average molecular weight is 393 g/mol. The van der Waals surface area contributed by atoms with Gasteiger partial charge in [0.15, 0.2) is 11.5 Å². The monoisotopic (exact) mass is 392 g/mol. The van der Waals surface area contributed by atoms with Gasteiger partial charge in [-0.1, -0.05) is 54.1 Å². The van der Waals surface area contributed by atoms with Crippen LogP contribution in [0.25, 0.3) is 11.0 Å². The zero-order valence-corrected chi connectivity index (χ0v) is 16.4. The molecule has 3 aromatic carbocycles. The molecule has 0 atom stereocenters. The molecule has 0 spiro atoms. The normalized spacial score (nSPS) is 10.9. The summed E-state index contributed by atoms with van der Waals surface area (Å²) in [5, 5.41) is 0.756. The van der Waals surface area contributed by atoms with Crippen LogP contribution in [0.3, 0.4) is 0 Å². The van der Waals surface area contributed by atoms with E-state index in [9.17, 15) is 0 Å². The van der Waals surface area contributed by atoms with Crippen molar-refractivity contribution >= 4 is 22.6 Å². The Bertz CT molecular complexity index is 1090. The number of fused-ring (bicyclic) bond motifs is 1. The second-order valence-corrected chi connectivity index (χ2v) is 6.84. The highest BCUT2D eigenvalue weighted by Gasteiger charge is 2.13. The highest BCUT2D eigenvalue weighted by molar-refractivity contribution is 6.31. The number of ether oxygens (including phenoxy) is 2. The second-order valence-electron chi connectivity index (χ2n) is 6.44. The van der Waals surface area contributed by atoms with Crippen molar-refractivity contribution in [3.63, 3.8) is 0 Å². The van der Waals surface area contributed by atoms with Crippen molar-refractivity contribution in [1.82, 2.24) is 9.55 Å². The number of hydrogen-bond donors (Lipinski definition) is 0. The molecule has 0 aliphatic rings. The molecular formula is C23H21ClN2O2. The van der Waals surface area contributed by atoms with Crippen molar-refractivity contribution < 1.29 is 9.47 Å². The zero-order valence-electron chi connectivity index (χ0n) is 15.6. The van der Waals surface area contributed by atoms with Crippen LogP contribution in [0.2, 0.25) is 5.02 Å². The van der Waals surface area contributed by atoms with Crippen LogP contribution in [0, 0.1) is 0 Å². The molecule has 4 rings (SSSR count). The summed E-state index contributed by atoms with van der Waals surface area (Å²) in [6.45, 7) is 1.19. The molecule has 1 aromatic heterocycles. The molecule has 0 saturated carbocycles.